The number of amides is 3. The van der Waals surface area contributed by atoms with E-state index < -0.39 is 41.5 Å². The van der Waals surface area contributed by atoms with Crippen molar-refractivity contribution in [2.24, 2.45) is 0 Å². The second-order valence-electron chi connectivity index (χ2n) is 9.80. The van der Waals surface area contributed by atoms with Crippen molar-refractivity contribution in [3.8, 4) is 5.75 Å². The van der Waals surface area contributed by atoms with Crippen molar-refractivity contribution < 1.29 is 43.2 Å². The van der Waals surface area contributed by atoms with Gasteiger partial charge in [-0.25, -0.2) is 19.2 Å². The van der Waals surface area contributed by atoms with E-state index >= 15 is 0 Å². The van der Waals surface area contributed by atoms with E-state index in [1.165, 1.54) is 12.1 Å². The maximum atomic E-state index is 13.1. The van der Waals surface area contributed by atoms with Crippen LogP contribution in [0.3, 0.4) is 0 Å². The van der Waals surface area contributed by atoms with E-state index in [1.54, 1.807) is 53.7 Å². The molecular weight excluding hydrogens is 540 g/mol. The zero-order valence-electron chi connectivity index (χ0n) is 21.3. The Kier molecular flexibility index (Phi) is 9.00. The Labute approximate surface area is 218 Å². The van der Waals surface area contributed by atoms with Crippen molar-refractivity contribution in [2.45, 2.75) is 58.8 Å². The zero-order chi connectivity index (χ0) is 27.4. The summed E-state index contributed by atoms with van der Waals surface area (Å²) < 4.78 is 21.9. The molecule has 0 bridgehead atoms. The summed E-state index contributed by atoms with van der Waals surface area (Å²) in [6, 6.07) is 2.20. The zero-order valence-corrected chi connectivity index (χ0v) is 22.9. The second-order valence-corrected chi connectivity index (χ2v) is 10.7. The number of carbonyl (C=O) groups is 4. The minimum absolute atomic E-state index is 0.0536. The first-order valence-electron chi connectivity index (χ1n) is 11.0. The number of rotatable bonds is 5. The van der Waals surface area contributed by atoms with Crippen LogP contribution in [0.4, 0.5) is 20.1 Å². The maximum absolute atomic E-state index is 13.1. The molecule has 1 aromatic carbocycles. The number of esters is 1. The van der Waals surface area contributed by atoms with E-state index in [1.807, 2.05) is 0 Å². The molecule has 0 aliphatic carbocycles. The Morgan fingerprint density at radius 1 is 1.06 bits per heavy atom. The largest absolute Gasteiger partial charge is 0.489 e. The van der Waals surface area contributed by atoms with Gasteiger partial charge in [0, 0.05) is 6.54 Å². The maximum Gasteiger partial charge on any atom is 0.424 e. The molecule has 198 valence electrons. The van der Waals surface area contributed by atoms with Crippen LogP contribution < -0.4 is 9.64 Å². The molecule has 12 heteroatoms. The Balaban J connectivity index is 2.61. The van der Waals surface area contributed by atoms with Crippen LogP contribution in [0.25, 0.3) is 0 Å². The average Bonchev–Trinajstić information content (AvgIpc) is 3.19. The molecule has 3 amide bonds. The first kappa shape index (κ1) is 29.0. The fourth-order valence-corrected chi connectivity index (χ4v) is 3.61. The van der Waals surface area contributed by atoms with Crippen LogP contribution in [0.1, 0.15) is 51.9 Å². The van der Waals surface area contributed by atoms with Crippen molar-refractivity contribution in [1.29, 1.82) is 0 Å². The monoisotopic (exact) mass is 570 g/mol. The lowest BCUT2D eigenvalue weighted by atomic mass is 10.1. The molecule has 1 heterocycles. The predicted molar refractivity (Wildman–Crippen MR) is 134 cm³/mol. The highest BCUT2D eigenvalue weighted by molar-refractivity contribution is 9.10. The summed E-state index contributed by atoms with van der Waals surface area (Å²) in [7, 11) is 1.13. The Morgan fingerprint density at radius 3 is 2.08 bits per heavy atom. The number of benzene rings is 1. The summed E-state index contributed by atoms with van der Waals surface area (Å²) in [5, 5.41) is 9.38. The van der Waals surface area contributed by atoms with Crippen LogP contribution >= 0.6 is 15.9 Å². The van der Waals surface area contributed by atoms with Crippen LogP contribution in [-0.2, 0) is 14.2 Å². The molecule has 0 saturated carbocycles. The quantitative estimate of drug-likeness (QED) is 0.287. The van der Waals surface area contributed by atoms with Crippen LogP contribution in [0.5, 0.6) is 5.75 Å². The first-order chi connectivity index (χ1) is 16.6. The van der Waals surface area contributed by atoms with Crippen LogP contribution in [0.2, 0.25) is 0 Å². The van der Waals surface area contributed by atoms with Gasteiger partial charge < -0.3 is 24.1 Å². The molecule has 1 N–H and O–H groups in total. The summed E-state index contributed by atoms with van der Waals surface area (Å²) in [6.45, 7) is 9.79. The summed E-state index contributed by atoms with van der Waals surface area (Å²) in [4.78, 5) is 52.4. The summed E-state index contributed by atoms with van der Waals surface area (Å²) in [5.74, 6) is -0.961. The van der Waals surface area contributed by atoms with E-state index in [4.69, 9.17) is 18.9 Å². The molecule has 11 nitrogen and oxygen atoms in total. The van der Waals surface area contributed by atoms with Crippen molar-refractivity contribution in [2.75, 3.05) is 25.2 Å². The molecule has 1 atom stereocenters. The van der Waals surface area contributed by atoms with Gasteiger partial charge in [-0.15, -0.1) is 0 Å². The second kappa shape index (κ2) is 11.2. The number of hydrogen-bond donors (Lipinski definition) is 1. The lowest BCUT2D eigenvalue weighted by molar-refractivity contribution is 0.0430. The van der Waals surface area contributed by atoms with Gasteiger partial charge in [-0.2, -0.15) is 4.90 Å². The normalized spacial score (nSPS) is 15.3. The Bertz CT molecular complexity index is 1030. The summed E-state index contributed by atoms with van der Waals surface area (Å²) in [5.41, 5.74) is -2.38. The number of ether oxygens (including phenoxy) is 4. The standard InChI is InChI=1S/C24H31BrN2O9/c1-23(2,3)35-21(31)27(22(32)36-24(4,5)6)16-11-10-15(25)18(17(16)19(28)33-7)34-13-14-9-8-12-26(14)20(29)30/h8-11,14H,12-13H2,1-7H3,(H,29,30). The number of hydrogen-bond acceptors (Lipinski definition) is 8. The first-order valence-corrected chi connectivity index (χ1v) is 11.8. The predicted octanol–water partition coefficient (Wildman–Crippen LogP) is 5.21. The van der Waals surface area contributed by atoms with E-state index in [9.17, 15) is 24.3 Å². The number of anilines is 1. The van der Waals surface area contributed by atoms with Crippen LogP contribution in [-0.4, -0.2) is 71.8 Å². The molecule has 1 aliphatic heterocycles. The van der Waals surface area contributed by atoms with Gasteiger partial charge in [0.25, 0.3) is 0 Å². The van der Waals surface area contributed by atoms with E-state index in [0.717, 1.165) is 12.0 Å². The topological polar surface area (TPSA) is 132 Å². The number of methoxy groups -OCH3 is 1. The lowest BCUT2D eigenvalue weighted by Crippen LogP contribution is -2.44. The van der Waals surface area contributed by atoms with Crippen molar-refractivity contribution in [3.63, 3.8) is 0 Å². The smallest absolute Gasteiger partial charge is 0.424 e. The molecule has 1 unspecified atom stereocenters. The molecular formula is C24H31BrN2O9. The molecule has 0 saturated heterocycles. The number of nitrogens with zero attached hydrogens (tertiary/aromatic N) is 2. The highest BCUT2D eigenvalue weighted by Gasteiger charge is 2.37. The molecule has 0 aromatic heterocycles. The van der Waals surface area contributed by atoms with E-state index in [-0.39, 0.29) is 30.2 Å². The van der Waals surface area contributed by atoms with Gasteiger partial charge in [0.1, 0.15) is 29.1 Å². The van der Waals surface area contributed by atoms with Gasteiger partial charge in [0.15, 0.2) is 0 Å². The summed E-state index contributed by atoms with van der Waals surface area (Å²) >= 11 is 3.32. The number of carbonyl (C=O) groups excluding carboxylic acids is 3. The SMILES string of the molecule is COC(=O)c1c(N(C(=O)OC(C)(C)C)C(=O)OC(C)(C)C)ccc(Br)c1OCC1C=CCN1C(=O)O. The van der Waals surface area contributed by atoms with Gasteiger partial charge in [-0.3, -0.25) is 4.90 Å². The van der Waals surface area contributed by atoms with Crippen LogP contribution in [0.15, 0.2) is 28.8 Å². The fraction of sp³-hybridized carbons (Fsp3) is 0.500. The van der Waals surface area contributed by atoms with Crippen LogP contribution in [0, 0.1) is 0 Å². The lowest BCUT2D eigenvalue weighted by Gasteiger charge is -2.30. The summed E-state index contributed by atoms with van der Waals surface area (Å²) in [6.07, 6.45) is 0.0615. The van der Waals surface area contributed by atoms with Gasteiger partial charge in [0.05, 0.1) is 23.3 Å². The van der Waals surface area contributed by atoms with Gasteiger partial charge in [0.2, 0.25) is 0 Å². The minimum Gasteiger partial charge on any atom is -0.489 e. The van der Waals surface area contributed by atoms with E-state index in [0.29, 0.717) is 9.37 Å². The third-order valence-electron chi connectivity index (χ3n) is 4.58. The van der Waals surface area contributed by atoms with Gasteiger partial charge in [-0.1, -0.05) is 12.2 Å². The number of halogens is 1. The Hall–Kier alpha value is -3.28. The Morgan fingerprint density at radius 2 is 1.61 bits per heavy atom. The fourth-order valence-electron chi connectivity index (χ4n) is 3.16. The highest BCUT2D eigenvalue weighted by Crippen LogP contribution is 2.38. The number of imide groups is 1. The van der Waals surface area contributed by atoms with Crippen molar-refractivity contribution >= 4 is 45.9 Å². The molecule has 36 heavy (non-hydrogen) atoms. The molecule has 0 radical (unpaired) electrons. The van der Waals surface area contributed by atoms with Crippen molar-refractivity contribution in [1.82, 2.24) is 4.90 Å². The minimum atomic E-state index is -1.13. The number of carboxylic acid groups (broad SMARTS) is 1. The molecule has 1 aliphatic rings. The highest BCUT2D eigenvalue weighted by atomic mass is 79.9. The third-order valence-corrected chi connectivity index (χ3v) is 5.20. The van der Waals surface area contributed by atoms with Crippen molar-refractivity contribution in [3.05, 3.63) is 34.3 Å². The average molecular weight is 571 g/mol. The molecule has 0 spiro atoms. The van der Waals surface area contributed by atoms with Gasteiger partial charge >= 0.3 is 24.2 Å². The van der Waals surface area contributed by atoms with Gasteiger partial charge in [-0.05, 0) is 69.6 Å². The molecule has 0 fully saturated rings. The molecule has 2 rings (SSSR count). The molecule has 1 aromatic rings. The van der Waals surface area contributed by atoms with E-state index in [2.05, 4.69) is 15.9 Å². The third kappa shape index (κ3) is 7.36.